The second kappa shape index (κ2) is 5.23. The van der Waals surface area contributed by atoms with Crippen molar-refractivity contribution in [2.24, 2.45) is 5.41 Å². The third-order valence-electron chi connectivity index (χ3n) is 3.92. The fourth-order valence-corrected chi connectivity index (χ4v) is 3.43. The lowest BCUT2D eigenvalue weighted by atomic mass is 9.71. The lowest BCUT2D eigenvalue weighted by molar-refractivity contribution is 0.166. The van der Waals surface area contributed by atoms with E-state index >= 15 is 0 Å². The summed E-state index contributed by atoms with van der Waals surface area (Å²) >= 11 is 0. The number of aliphatic hydroxyl groups excluding tert-OH is 1. The van der Waals surface area contributed by atoms with Crippen molar-refractivity contribution < 1.29 is 13.5 Å². The number of sulfonamides is 1. The van der Waals surface area contributed by atoms with E-state index in [4.69, 9.17) is 0 Å². The third kappa shape index (κ3) is 3.35. The summed E-state index contributed by atoms with van der Waals surface area (Å²) in [5, 5.41) is 9.40. The molecule has 0 amide bonds. The van der Waals surface area contributed by atoms with Crippen LogP contribution < -0.4 is 4.72 Å². The van der Waals surface area contributed by atoms with Crippen molar-refractivity contribution in [2.75, 3.05) is 6.54 Å². The largest absolute Gasteiger partial charge is 0.389 e. The molecule has 0 aromatic heterocycles. The van der Waals surface area contributed by atoms with Gasteiger partial charge in [0.25, 0.3) is 0 Å². The molecule has 2 N–H and O–H groups in total. The van der Waals surface area contributed by atoms with Gasteiger partial charge in [-0.3, -0.25) is 0 Å². The molecule has 2 rings (SSSR count). The summed E-state index contributed by atoms with van der Waals surface area (Å²) in [7, 11) is -3.44. The quantitative estimate of drug-likeness (QED) is 0.870. The van der Waals surface area contributed by atoms with E-state index in [0.717, 1.165) is 12.8 Å². The number of benzene rings is 1. The molecule has 0 saturated heterocycles. The fraction of sp³-hybridized carbons (Fsp3) is 0.571. The van der Waals surface area contributed by atoms with Crippen LogP contribution in [0.4, 0.5) is 0 Å². The Morgan fingerprint density at radius 1 is 1.32 bits per heavy atom. The molecule has 0 heterocycles. The molecule has 1 aliphatic rings. The molecule has 0 bridgehead atoms. The van der Waals surface area contributed by atoms with E-state index in [0.29, 0.717) is 12.1 Å². The molecule has 1 atom stereocenters. The van der Waals surface area contributed by atoms with Gasteiger partial charge in [-0.2, -0.15) is 0 Å². The second-order valence-electron chi connectivity index (χ2n) is 5.73. The van der Waals surface area contributed by atoms with E-state index in [1.807, 2.05) is 0 Å². The van der Waals surface area contributed by atoms with Gasteiger partial charge in [-0.15, -0.1) is 0 Å². The molecule has 106 valence electrons. The van der Waals surface area contributed by atoms with Gasteiger partial charge in [0.15, 0.2) is 0 Å². The predicted molar refractivity (Wildman–Crippen MR) is 74.2 cm³/mol. The maximum Gasteiger partial charge on any atom is 0.240 e. The zero-order chi connectivity index (χ0) is 14.1. The molecular formula is C14H21NO3S. The molecule has 1 aromatic carbocycles. The number of aliphatic hydroxyl groups is 1. The molecular weight excluding hydrogens is 262 g/mol. The Bertz CT molecular complexity index is 530. The van der Waals surface area contributed by atoms with Crippen LogP contribution in [-0.4, -0.2) is 20.1 Å². The fourth-order valence-electron chi connectivity index (χ4n) is 2.24. The maximum absolute atomic E-state index is 12.1. The Labute approximate surface area is 114 Å². The summed E-state index contributed by atoms with van der Waals surface area (Å²) in [5.74, 6) is 0. The lowest BCUT2D eigenvalue weighted by Crippen LogP contribution is -2.39. The first-order valence-corrected chi connectivity index (χ1v) is 8.08. The smallest absolute Gasteiger partial charge is 0.240 e. The zero-order valence-electron chi connectivity index (χ0n) is 11.4. The first kappa shape index (κ1) is 14.5. The minimum Gasteiger partial charge on any atom is -0.389 e. The SMILES string of the molecule is CC(O)c1ccc(S(=O)(=O)NCC2(C)CCC2)cc1. The van der Waals surface area contributed by atoms with E-state index in [1.54, 1.807) is 19.1 Å². The maximum atomic E-state index is 12.1. The van der Waals surface area contributed by atoms with Crippen LogP contribution in [-0.2, 0) is 10.0 Å². The van der Waals surface area contributed by atoms with E-state index < -0.39 is 16.1 Å². The number of rotatable bonds is 5. The molecule has 1 fully saturated rings. The molecule has 0 aliphatic heterocycles. The first-order valence-electron chi connectivity index (χ1n) is 6.60. The molecule has 0 spiro atoms. The Morgan fingerprint density at radius 3 is 2.32 bits per heavy atom. The highest BCUT2D eigenvalue weighted by Gasteiger charge is 2.32. The van der Waals surface area contributed by atoms with Gasteiger partial charge in [-0.1, -0.05) is 25.5 Å². The van der Waals surface area contributed by atoms with Gasteiger partial charge in [0.05, 0.1) is 11.0 Å². The van der Waals surface area contributed by atoms with Crippen molar-refractivity contribution in [1.82, 2.24) is 4.72 Å². The summed E-state index contributed by atoms with van der Waals surface area (Å²) in [6.07, 6.45) is 2.76. The number of hydrogen-bond donors (Lipinski definition) is 2. The Kier molecular flexibility index (Phi) is 3.99. The van der Waals surface area contributed by atoms with Crippen molar-refractivity contribution in [3.8, 4) is 0 Å². The van der Waals surface area contributed by atoms with E-state index in [-0.39, 0.29) is 10.3 Å². The standard InChI is InChI=1S/C14H21NO3S/c1-11(16)12-4-6-13(7-5-12)19(17,18)15-10-14(2)8-3-9-14/h4-7,11,15-16H,3,8-10H2,1-2H3. The zero-order valence-corrected chi connectivity index (χ0v) is 12.2. The van der Waals surface area contributed by atoms with Crippen molar-refractivity contribution in [3.63, 3.8) is 0 Å². The van der Waals surface area contributed by atoms with Crippen LogP contribution in [0.1, 0.15) is 44.8 Å². The van der Waals surface area contributed by atoms with Gasteiger partial charge < -0.3 is 5.11 Å². The van der Waals surface area contributed by atoms with Gasteiger partial charge in [0.1, 0.15) is 0 Å². The third-order valence-corrected chi connectivity index (χ3v) is 5.34. The van der Waals surface area contributed by atoms with Crippen LogP contribution in [0, 0.1) is 5.41 Å². The highest BCUT2D eigenvalue weighted by Crippen LogP contribution is 2.39. The topological polar surface area (TPSA) is 66.4 Å². The van der Waals surface area contributed by atoms with Crippen LogP contribution in [0.3, 0.4) is 0 Å². The molecule has 1 aliphatic carbocycles. The van der Waals surface area contributed by atoms with Crippen LogP contribution >= 0.6 is 0 Å². The average molecular weight is 283 g/mol. The first-order chi connectivity index (χ1) is 8.82. The monoisotopic (exact) mass is 283 g/mol. The molecule has 1 aromatic rings. The summed E-state index contributed by atoms with van der Waals surface area (Å²) < 4.78 is 26.9. The minimum absolute atomic E-state index is 0.118. The van der Waals surface area contributed by atoms with Gasteiger partial charge in [0, 0.05) is 6.54 Å². The minimum atomic E-state index is -3.44. The number of nitrogens with one attached hydrogen (secondary N) is 1. The van der Waals surface area contributed by atoms with Crippen LogP contribution in [0.25, 0.3) is 0 Å². The van der Waals surface area contributed by atoms with E-state index in [9.17, 15) is 13.5 Å². The number of hydrogen-bond acceptors (Lipinski definition) is 3. The molecule has 4 nitrogen and oxygen atoms in total. The van der Waals surface area contributed by atoms with Crippen LogP contribution in [0.15, 0.2) is 29.2 Å². The molecule has 1 saturated carbocycles. The van der Waals surface area contributed by atoms with Gasteiger partial charge in [-0.05, 0) is 42.9 Å². The molecule has 5 heteroatoms. The Hall–Kier alpha value is -0.910. The van der Waals surface area contributed by atoms with Gasteiger partial charge in [0.2, 0.25) is 10.0 Å². The summed E-state index contributed by atoms with van der Waals surface area (Å²) in [6, 6.07) is 6.36. The average Bonchev–Trinajstić information content (AvgIpc) is 2.34. The van der Waals surface area contributed by atoms with Crippen molar-refractivity contribution in [1.29, 1.82) is 0 Å². The van der Waals surface area contributed by atoms with Crippen molar-refractivity contribution in [2.45, 2.75) is 44.1 Å². The normalized spacial score (nSPS) is 19.7. The highest BCUT2D eigenvalue weighted by molar-refractivity contribution is 7.89. The molecule has 1 unspecified atom stereocenters. The second-order valence-corrected chi connectivity index (χ2v) is 7.50. The van der Waals surface area contributed by atoms with Gasteiger partial charge in [-0.25, -0.2) is 13.1 Å². The summed E-state index contributed by atoms with van der Waals surface area (Å²) in [5.41, 5.74) is 0.831. The Morgan fingerprint density at radius 2 is 1.89 bits per heavy atom. The van der Waals surface area contributed by atoms with Gasteiger partial charge >= 0.3 is 0 Å². The molecule has 19 heavy (non-hydrogen) atoms. The summed E-state index contributed by atoms with van der Waals surface area (Å²) in [4.78, 5) is 0.250. The van der Waals surface area contributed by atoms with Crippen LogP contribution in [0.5, 0.6) is 0 Å². The van der Waals surface area contributed by atoms with Crippen molar-refractivity contribution in [3.05, 3.63) is 29.8 Å². The molecule has 0 radical (unpaired) electrons. The highest BCUT2D eigenvalue weighted by atomic mass is 32.2. The van der Waals surface area contributed by atoms with E-state index in [2.05, 4.69) is 11.6 Å². The summed E-state index contributed by atoms with van der Waals surface area (Å²) in [6.45, 7) is 4.25. The van der Waals surface area contributed by atoms with E-state index in [1.165, 1.54) is 18.6 Å². The van der Waals surface area contributed by atoms with Crippen LogP contribution in [0.2, 0.25) is 0 Å². The lowest BCUT2D eigenvalue weighted by Gasteiger charge is -2.38. The predicted octanol–water partition coefficient (Wildman–Crippen LogP) is 2.21. The van der Waals surface area contributed by atoms with Crippen molar-refractivity contribution >= 4 is 10.0 Å². The Balaban J connectivity index is 2.06.